The number of anilines is 1. The highest BCUT2D eigenvalue weighted by atomic mass is 32.2. The Kier molecular flexibility index (Phi) is 3.82. The summed E-state index contributed by atoms with van der Waals surface area (Å²) >= 11 is 4.83. The summed E-state index contributed by atoms with van der Waals surface area (Å²) in [4.78, 5) is 6.75. The Labute approximate surface area is 116 Å². The molecule has 2 rings (SSSR count). The van der Waals surface area contributed by atoms with Gasteiger partial charge in [-0.15, -0.1) is 0 Å². The van der Waals surface area contributed by atoms with E-state index < -0.39 is 10.0 Å². The first kappa shape index (κ1) is 13.5. The van der Waals surface area contributed by atoms with E-state index >= 15 is 0 Å². The number of benzene rings is 1. The van der Waals surface area contributed by atoms with Crippen molar-refractivity contribution in [3.05, 3.63) is 47.8 Å². The van der Waals surface area contributed by atoms with E-state index in [1.165, 1.54) is 12.4 Å². The maximum Gasteiger partial charge on any atom is 0.239 e. The standard InChI is InChI=1S/C11H12N4O2S2/c12-10(18)9-3-1-8(2-4-9)7-19(16,17)15-11-13-5-6-14-11/h1-6H,7H2,(H2,12,18)(H2,13,14,15). The topological polar surface area (TPSA) is 101 Å². The van der Waals surface area contributed by atoms with E-state index in [9.17, 15) is 8.42 Å². The molecule has 0 spiro atoms. The Balaban J connectivity index is 2.09. The molecule has 0 saturated heterocycles. The van der Waals surface area contributed by atoms with Crippen molar-refractivity contribution in [1.82, 2.24) is 9.97 Å². The Bertz CT molecular complexity index is 663. The summed E-state index contributed by atoms with van der Waals surface area (Å²) in [5.74, 6) is 0.0467. The molecule has 2 aromatic rings. The van der Waals surface area contributed by atoms with Crippen LogP contribution in [0, 0.1) is 0 Å². The van der Waals surface area contributed by atoms with Gasteiger partial charge in [0.05, 0.1) is 5.75 Å². The van der Waals surface area contributed by atoms with E-state index in [-0.39, 0.29) is 16.7 Å². The van der Waals surface area contributed by atoms with Gasteiger partial charge < -0.3 is 10.7 Å². The van der Waals surface area contributed by atoms with Crippen LogP contribution in [0.3, 0.4) is 0 Å². The largest absolute Gasteiger partial charge is 0.389 e. The van der Waals surface area contributed by atoms with E-state index in [0.717, 1.165) is 0 Å². The predicted molar refractivity (Wildman–Crippen MR) is 77.2 cm³/mol. The molecule has 0 saturated carbocycles. The molecule has 0 aliphatic carbocycles. The van der Waals surface area contributed by atoms with E-state index in [1.54, 1.807) is 24.3 Å². The maximum absolute atomic E-state index is 11.9. The molecule has 0 aliphatic rings. The van der Waals surface area contributed by atoms with Gasteiger partial charge in [0.1, 0.15) is 4.99 Å². The van der Waals surface area contributed by atoms with Gasteiger partial charge in [-0.25, -0.2) is 13.4 Å². The summed E-state index contributed by atoms with van der Waals surface area (Å²) in [6.45, 7) is 0. The lowest BCUT2D eigenvalue weighted by molar-refractivity contribution is 0.600. The zero-order valence-corrected chi connectivity index (χ0v) is 11.5. The molecule has 4 N–H and O–H groups in total. The second-order valence-corrected chi connectivity index (χ2v) is 6.02. The van der Waals surface area contributed by atoms with Crippen LogP contribution in [0.25, 0.3) is 0 Å². The molecule has 0 aliphatic heterocycles. The number of H-pyrrole nitrogens is 1. The summed E-state index contributed by atoms with van der Waals surface area (Å²) in [6.07, 6.45) is 3.00. The highest BCUT2D eigenvalue weighted by Crippen LogP contribution is 2.10. The minimum Gasteiger partial charge on any atom is -0.389 e. The third-order valence-electron chi connectivity index (χ3n) is 2.35. The lowest BCUT2D eigenvalue weighted by Crippen LogP contribution is -2.16. The maximum atomic E-state index is 11.9. The number of aromatic nitrogens is 2. The Morgan fingerprint density at radius 2 is 2.05 bits per heavy atom. The van der Waals surface area contributed by atoms with Gasteiger partial charge in [0.15, 0.2) is 0 Å². The zero-order chi connectivity index (χ0) is 13.9. The summed E-state index contributed by atoms with van der Waals surface area (Å²) in [6, 6.07) is 6.74. The molecule has 19 heavy (non-hydrogen) atoms. The first-order valence-electron chi connectivity index (χ1n) is 5.35. The van der Waals surface area contributed by atoms with E-state index in [4.69, 9.17) is 18.0 Å². The molecule has 0 radical (unpaired) electrons. The molecular weight excluding hydrogens is 284 g/mol. The molecule has 6 nitrogen and oxygen atoms in total. The van der Waals surface area contributed by atoms with Crippen molar-refractivity contribution >= 4 is 33.2 Å². The lowest BCUT2D eigenvalue weighted by Gasteiger charge is -2.06. The minimum absolute atomic E-state index is 0.148. The third kappa shape index (κ3) is 3.76. The highest BCUT2D eigenvalue weighted by molar-refractivity contribution is 7.91. The van der Waals surface area contributed by atoms with Crippen LogP contribution in [0.1, 0.15) is 11.1 Å². The summed E-state index contributed by atoms with van der Waals surface area (Å²) in [7, 11) is -3.50. The van der Waals surface area contributed by atoms with Crippen LogP contribution in [0.2, 0.25) is 0 Å². The van der Waals surface area contributed by atoms with Gasteiger partial charge in [-0.1, -0.05) is 36.5 Å². The Hall–Kier alpha value is -1.93. The smallest absolute Gasteiger partial charge is 0.239 e. The van der Waals surface area contributed by atoms with E-state index in [2.05, 4.69) is 14.7 Å². The molecule has 8 heteroatoms. The van der Waals surface area contributed by atoms with Crippen LogP contribution in [0.5, 0.6) is 0 Å². The van der Waals surface area contributed by atoms with Crippen LogP contribution in [-0.2, 0) is 15.8 Å². The van der Waals surface area contributed by atoms with Crippen molar-refractivity contribution < 1.29 is 8.42 Å². The van der Waals surface area contributed by atoms with Gasteiger partial charge in [-0.3, -0.25) is 4.72 Å². The van der Waals surface area contributed by atoms with Gasteiger partial charge in [-0.2, -0.15) is 0 Å². The minimum atomic E-state index is -3.50. The van der Waals surface area contributed by atoms with Crippen LogP contribution < -0.4 is 10.5 Å². The second-order valence-electron chi connectivity index (χ2n) is 3.86. The first-order chi connectivity index (χ1) is 8.96. The number of thiocarbonyl (C=S) groups is 1. The molecule has 1 heterocycles. The second kappa shape index (κ2) is 5.37. The molecule has 0 fully saturated rings. The molecule has 100 valence electrons. The van der Waals surface area contributed by atoms with Crippen molar-refractivity contribution in [3.63, 3.8) is 0 Å². The van der Waals surface area contributed by atoms with Crippen LogP contribution in [0.4, 0.5) is 5.95 Å². The van der Waals surface area contributed by atoms with Gasteiger partial charge in [0.25, 0.3) is 0 Å². The van der Waals surface area contributed by atoms with Gasteiger partial charge in [0, 0.05) is 18.0 Å². The summed E-state index contributed by atoms with van der Waals surface area (Å²) in [5, 5.41) is 0. The zero-order valence-electron chi connectivity index (χ0n) is 9.83. The fourth-order valence-electron chi connectivity index (χ4n) is 1.49. The fraction of sp³-hybridized carbons (Fsp3) is 0.0909. The van der Waals surface area contributed by atoms with E-state index in [1.807, 2.05) is 0 Å². The summed E-state index contributed by atoms with van der Waals surface area (Å²) < 4.78 is 26.1. The molecule has 0 atom stereocenters. The van der Waals surface area contributed by atoms with Crippen molar-refractivity contribution in [2.45, 2.75) is 5.75 Å². The molecular formula is C11H12N4O2S2. The van der Waals surface area contributed by atoms with Crippen molar-refractivity contribution in [3.8, 4) is 0 Å². The van der Waals surface area contributed by atoms with Crippen molar-refractivity contribution in [2.75, 3.05) is 4.72 Å². The average molecular weight is 296 g/mol. The van der Waals surface area contributed by atoms with Crippen molar-refractivity contribution in [2.24, 2.45) is 5.73 Å². The lowest BCUT2D eigenvalue weighted by atomic mass is 10.1. The quantitative estimate of drug-likeness (QED) is 0.714. The van der Waals surface area contributed by atoms with Crippen molar-refractivity contribution in [1.29, 1.82) is 0 Å². The number of hydrogen-bond acceptors (Lipinski definition) is 4. The normalized spacial score (nSPS) is 11.2. The summed E-state index contributed by atoms with van der Waals surface area (Å²) in [5.41, 5.74) is 6.81. The molecule has 0 unspecified atom stereocenters. The SMILES string of the molecule is NC(=S)c1ccc(CS(=O)(=O)Nc2ncc[nH]2)cc1. The highest BCUT2D eigenvalue weighted by Gasteiger charge is 2.12. The van der Waals surface area contributed by atoms with Crippen LogP contribution in [-0.4, -0.2) is 23.4 Å². The molecule has 0 bridgehead atoms. The molecule has 0 amide bonds. The fourth-order valence-corrected chi connectivity index (χ4v) is 2.73. The number of imidazole rings is 1. The van der Waals surface area contributed by atoms with Crippen LogP contribution in [0.15, 0.2) is 36.7 Å². The monoisotopic (exact) mass is 296 g/mol. The number of hydrogen-bond donors (Lipinski definition) is 3. The van der Waals surface area contributed by atoms with Gasteiger partial charge in [-0.05, 0) is 5.56 Å². The predicted octanol–water partition coefficient (Wildman–Crippen LogP) is 0.986. The van der Waals surface area contributed by atoms with E-state index in [0.29, 0.717) is 11.1 Å². The number of nitrogens with zero attached hydrogens (tertiary/aromatic N) is 1. The molecule has 1 aromatic heterocycles. The number of sulfonamides is 1. The first-order valence-corrected chi connectivity index (χ1v) is 7.41. The van der Waals surface area contributed by atoms with Gasteiger partial charge in [0.2, 0.25) is 16.0 Å². The average Bonchev–Trinajstić information content (AvgIpc) is 2.81. The van der Waals surface area contributed by atoms with Gasteiger partial charge >= 0.3 is 0 Å². The number of nitrogens with one attached hydrogen (secondary N) is 2. The Morgan fingerprint density at radius 1 is 1.37 bits per heavy atom. The number of rotatable bonds is 5. The molecule has 1 aromatic carbocycles. The number of aromatic amines is 1. The van der Waals surface area contributed by atoms with Crippen LogP contribution >= 0.6 is 12.2 Å². The number of nitrogens with two attached hydrogens (primary N) is 1. The third-order valence-corrected chi connectivity index (χ3v) is 3.80. The Morgan fingerprint density at radius 3 is 2.58 bits per heavy atom.